The Bertz CT molecular complexity index is 2480. The second-order valence-corrected chi connectivity index (χ2v) is 18.0. The van der Waals surface area contributed by atoms with Crippen LogP contribution in [-0.4, -0.2) is 78.3 Å². The van der Waals surface area contributed by atoms with E-state index in [0.717, 1.165) is 70.2 Å². The highest BCUT2D eigenvalue weighted by atomic mass is 16.7. The van der Waals surface area contributed by atoms with Gasteiger partial charge in [-0.1, -0.05) is 128 Å². The van der Waals surface area contributed by atoms with Gasteiger partial charge in [0.05, 0.1) is 31.5 Å². The van der Waals surface area contributed by atoms with Gasteiger partial charge in [-0.25, -0.2) is 4.79 Å². The minimum Gasteiger partial charge on any atom is -0.459 e. The fourth-order valence-corrected chi connectivity index (χ4v) is 10.5. The molecule has 0 saturated heterocycles. The predicted octanol–water partition coefficient (Wildman–Crippen LogP) is 11.5. The number of fused-ring (bicyclic) bond motifs is 3. The molecule has 0 bridgehead atoms. The van der Waals surface area contributed by atoms with Crippen LogP contribution >= 0.6 is 0 Å². The number of hydrogen-bond acceptors (Lipinski definition) is 10. The fourth-order valence-electron chi connectivity index (χ4n) is 10.5. The molecule has 1 saturated carbocycles. The summed E-state index contributed by atoms with van der Waals surface area (Å²) in [5.74, 6) is 0.0614. The van der Waals surface area contributed by atoms with E-state index in [0.29, 0.717) is 43.9 Å². The molecule has 2 N–H and O–H groups in total. The molecule has 5 aromatic carbocycles. The number of benzene rings is 5. The van der Waals surface area contributed by atoms with E-state index in [1.807, 2.05) is 97.9 Å². The number of aliphatic hydroxyl groups is 2. The highest BCUT2D eigenvalue weighted by Gasteiger charge is 2.65. The SMILES string of the molecule is C=CCO[C@@]12Oc3ccc(Oc4ccc5ccccc5c4)cc3[C@H]3[C@H](CCCCO)[C@@H](CCCCO)C=C(C(=NOCc4ccccc4)C[C@@H]1N(CCC)C(=O)OCCOCc1ccccc1)[C@H]32. The van der Waals surface area contributed by atoms with Crippen LogP contribution in [0.5, 0.6) is 17.2 Å². The number of allylic oxidation sites excluding steroid dienone is 1. The molecule has 5 aromatic rings. The zero-order chi connectivity index (χ0) is 47.1. The molecule has 11 nitrogen and oxygen atoms in total. The van der Waals surface area contributed by atoms with Gasteiger partial charge in [0.2, 0.25) is 5.79 Å². The van der Waals surface area contributed by atoms with Crippen molar-refractivity contribution in [3.05, 3.63) is 162 Å². The normalized spacial score (nSPS) is 22.1. The Kier molecular flexibility index (Phi) is 17.0. The summed E-state index contributed by atoms with van der Waals surface area (Å²) in [6, 6.07) is 39.5. The molecule has 0 aromatic heterocycles. The topological polar surface area (TPSA) is 129 Å². The molecular weight excluding hydrogens is 857 g/mol. The van der Waals surface area contributed by atoms with Crippen LogP contribution in [0.25, 0.3) is 10.8 Å². The summed E-state index contributed by atoms with van der Waals surface area (Å²) in [5.41, 5.74) is 4.67. The Morgan fingerprint density at radius 2 is 1.51 bits per heavy atom. The van der Waals surface area contributed by atoms with Gasteiger partial charge in [0.25, 0.3) is 0 Å². The van der Waals surface area contributed by atoms with Crippen molar-refractivity contribution in [3.63, 3.8) is 0 Å². The zero-order valence-electron chi connectivity index (χ0n) is 39.3. The van der Waals surface area contributed by atoms with Gasteiger partial charge >= 0.3 is 6.09 Å². The van der Waals surface area contributed by atoms with Gasteiger partial charge in [-0.15, -0.1) is 6.58 Å². The molecule has 0 radical (unpaired) electrons. The number of ether oxygens (including phenoxy) is 5. The number of amides is 1. The number of carbonyl (C=O) groups is 1. The van der Waals surface area contributed by atoms with Crippen LogP contribution in [0.1, 0.15) is 80.9 Å². The second-order valence-electron chi connectivity index (χ2n) is 18.0. The summed E-state index contributed by atoms with van der Waals surface area (Å²) in [6.07, 6.45) is 9.11. The Balaban J connectivity index is 1.24. The highest BCUT2D eigenvalue weighted by Crippen LogP contribution is 2.62. The van der Waals surface area contributed by atoms with E-state index in [-0.39, 0.29) is 63.8 Å². The van der Waals surface area contributed by atoms with E-state index >= 15 is 0 Å². The van der Waals surface area contributed by atoms with E-state index in [9.17, 15) is 15.0 Å². The molecule has 0 spiro atoms. The molecule has 2 aliphatic carbocycles. The highest BCUT2D eigenvalue weighted by molar-refractivity contribution is 6.03. The van der Waals surface area contributed by atoms with Gasteiger partial charge in [0.1, 0.15) is 36.5 Å². The lowest BCUT2D eigenvalue weighted by Gasteiger charge is -2.59. The van der Waals surface area contributed by atoms with Crippen LogP contribution in [0.15, 0.2) is 151 Å². The smallest absolute Gasteiger partial charge is 0.410 e. The monoisotopic (exact) mass is 922 g/mol. The summed E-state index contributed by atoms with van der Waals surface area (Å²) in [7, 11) is 0. The van der Waals surface area contributed by atoms with Crippen LogP contribution < -0.4 is 9.47 Å². The molecule has 68 heavy (non-hydrogen) atoms. The lowest BCUT2D eigenvalue weighted by molar-refractivity contribution is -0.255. The van der Waals surface area contributed by atoms with Crippen LogP contribution in [0.2, 0.25) is 0 Å². The van der Waals surface area contributed by atoms with Crippen molar-refractivity contribution in [1.82, 2.24) is 4.90 Å². The summed E-state index contributed by atoms with van der Waals surface area (Å²) in [4.78, 5) is 22.7. The molecule has 1 amide bonds. The molecule has 1 fully saturated rings. The van der Waals surface area contributed by atoms with Gasteiger partial charge in [-0.05, 0) is 102 Å². The third-order valence-electron chi connectivity index (χ3n) is 13.5. The van der Waals surface area contributed by atoms with Crippen molar-refractivity contribution in [2.24, 2.45) is 22.9 Å². The largest absolute Gasteiger partial charge is 0.459 e. The lowest BCUT2D eigenvalue weighted by Crippen LogP contribution is -2.70. The first-order valence-corrected chi connectivity index (χ1v) is 24.4. The number of carbonyl (C=O) groups excluding carboxylic acids is 1. The minimum absolute atomic E-state index is 0.0536. The van der Waals surface area contributed by atoms with Crippen molar-refractivity contribution in [2.45, 2.75) is 89.3 Å². The Morgan fingerprint density at radius 3 is 2.25 bits per heavy atom. The minimum atomic E-state index is -1.42. The van der Waals surface area contributed by atoms with Gasteiger partial charge in [-0.2, -0.15) is 0 Å². The van der Waals surface area contributed by atoms with Gasteiger partial charge in [0.15, 0.2) is 0 Å². The first-order chi connectivity index (χ1) is 33.5. The van der Waals surface area contributed by atoms with E-state index in [1.54, 1.807) is 11.0 Å². The average Bonchev–Trinajstić information content (AvgIpc) is 3.37. The quantitative estimate of drug-likeness (QED) is 0.0353. The number of rotatable bonds is 24. The average molecular weight is 923 g/mol. The van der Waals surface area contributed by atoms with Crippen molar-refractivity contribution in [2.75, 3.05) is 39.6 Å². The predicted molar refractivity (Wildman–Crippen MR) is 265 cm³/mol. The van der Waals surface area contributed by atoms with Crippen molar-refractivity contribution >= 4 is 22.6 Å². The van der Waals surface area contributed by atoms with Gasteiger partial charge < -0.3 is 38.7 Å². The molecule has 3 aliphatic rings. The maximum atomic E-state index is 14.7. The Morgan fingerprint density at radius 1 is 0.824 bits per heavy atom. The lowest BCUT2D eigenvalue weighted by atomic mass is 9.55. The number of oxime groups is 1. The van der Waals surface area contributed by atoms with E-state index in [4.69, 9.17) is 33.7 Å². The summed E-state index contributed by atoms with van der Waals surface area (Å²) < 4.78 is 33.2. The molecule has 358 valence electrons. The zero-order valence-corrected chi connectivity index (χ0v) is 39.3. The summed E-state index contributed by atoms with van der Waals surface area (Å²) in [6.45, 7) is 7.78. The van der Waals surface area contributed by atoms with E-state index in [2.05, 4.69) is 43.0 Å². The standard InChI is InChI=1S/C57H66N2O9/c1-3-29-59(56(62)64-34-33-63-39-41-17-7-5-8-18-41)53-38-51(58-66-40-42-19-9-6-10-20-42)49-36-45(23-13-15-30-60)48(24-14-16-31-61)54-50-37-47(67-46-26-25-43-21-11-12-22-44(43)35-46)27-28-52(50)68-57(53,55(49)54)65-32-4-2/h4-12,17-22,25-28,35-37,45,48,53-55,60-61H,2-3,13-16,23-24,29-34,38-40H2,1H3/t45-,48+,53-,54+,55+,57+/m0/s1. The van der Waals surface area contributed by atoms with Crippen LogP contribution in [0.3, 0.4) is 0 Å². The van der Waals surface area contributed by atoms with Crippen LogP contribution in [-0.2, 0) is 32.3 Å². The van der Waals surface area contributed by atoms with Crippen molar-refractivity contribution in [1.29, 1.82) is 0 Å². The molecule has 8 rings (SSSR count). The van der Waals surface area contributed by atoms with Crippen LogP contribution in [0.4, 0.5) is 4.79 Å². The van der Waals surface area contributed by atoms with Gasteiger partial charge in [0, 0.05) is 37.7 Å². The van der Waals surface area contributed by atoms with E-state index < -0.39 is 23.8 Å². The van der Waals surface area contributed by atoms with E-state index in [1.165, 1.54) is 0 Å². The molecule has 1 aliphatic heterocycles. The number of unbranched alkanes of at least 4 members (excludes halogenated alkanes) is 2. The fraction of sp³-hybridized carbons (Fsp3) is 0.404. The maximum absolute atomic E-state index is 14.7. The third-order valence-corrected chi connectivity index (χ3v) is 13.5. The number of nitrogens with zero attached hydrogens (tertiary/aromatic N) is 2. The third kappa shape index (κ3) is 11.3. The van der Waals surface area contributed by atoms with Crippen molar-refractivity contribution < 1.29 is 43.5 Å². The molecule has 0 unspecified atom stereocenters. The maximum Gasteiger partial charge on any atom is 0.410 e. The number of hydrogen-bond donors (Lipinski definition) is 2. The molecule has 1 heterocycles. The Labute approximate surface area is 401 Å². The first-order valence-electron chi connectivity index (χ1n) is 24.4. The molecule has 6 atom stereocenters. The summed E-state index contributed by atoms with van der Waals surface area (Å²) >= 11 is 0. The van der Waals surface area contributed by atoms with Crippen LogP contribution in [0, 0.1) is 17.8 Å². The van der Waals surface area contributed by atoms with Crippen molar-refractivity contribution in [3.8, 4) is 17.2 Å². The molecule has 11 heteroatoms. The Hall–Kier alpha value is -5.98. The first kappa shape index (κ1) is 48.5. The second kappa shape index (κ2) is 23.8. The summed E-state index contributed by atoms with van der Waals surface area (Å²) in [5, 5.41) is 27.2. The van der Waals surface area contributed by atoms with Gasteiger partial charge in [-0.3, -0.25) is 4.90 Å². The number of aliphatic hydroxyl groups excluding tert-OH is 2. The molecular formula is C57H66N2O9.